The minimum atomic E-state index is -0.133. The van der Waals surface area contributed by atoms with Crippen LogP contribution in [-0.4, -0.2) is 59.7 Å². The van der Waals surface area contributed by atoms with E-state index in [1.165, 1.54) is 11.1 Å². The molecule has 2 aromatic carbocycles. The van der Waals surface area contributed by atoms with Gasteiger partial charge in [-0.15, -0.1) is 0 Å². The predicted octanol–water partition coefficient (Wildman–Crippen LogP) is 5.21. The molecule has 1 N–H and O–H groups in total. The minimum Gasteiger partial charge on any atom is -0.342 e. The molecule has 3 unspecified atom stereocenters. The van der Waals surface area contributed by atoms with Crippen LogP contribution in [0.25, 0.3) is 11.6 Å². The van der Waals surface area contributed by atoms with Crippen molar-refractivity contribution in [2.75, 3.05) is 26.2 Å². The molecule has 0 aromatic heterocycles. The Morgan fingerprint density at radius 2 is 1.89 bits per heavy atom. The molecule has 1 aliphatic carbocycles. The second-order valence-electron chi connectivity index (χ2n) is 10.3. The van der Waals surface area contributed by atoms with Crippen LogP contribution in [-0.2, 0) is 4.79 Å². The number of nitrogens with one attached hydrogen (secondary N) is 1. The largest absolute Gasteiger partial charge is 0.342 e. The monoisotopic (exact) mass is 516 g/mol. The Kier molecular flexibility index (Phi) is 7.20. The smallest absolute Gasteiger partial charge is 0.289 e. The van der Waals surface area contributed by atoms with Gasteiger partial charge in [-0.2, -0.15) is 0 Å². The summed E-state index contributed by atoms with van der Waals surface area (Å²) < 4.78 is 0. The number of nitrogens with zero attached hydrogens (tertiary/aromatic N) is 3. The van der Waals surface area contributed by atoms with Gasteiger partial charge in [0.15, 0.2) is 5.84 Å². The Morgan fingerprint density at radius 3 is 2.68 bits per heavy atom. The van der Waals surface area contributed by atoms with Crippen molar-refractivity contribution < 1.29 is 9.59 Å². The maximum atomic E-state index is 13.5. The van der Waals surface area contributed by atoms with Crippen molar-refractivity contribution in [3.8, 4) is 0 Å². The van der Waals surface area contributed by atoms with Crippen LogP contribution in [0, 0.1) is 5.92 Å². The van der Waals surface area contributed by atoms with Crippen molar-refractivity contribution >= 4 is 40.9 Å². The van der Waals surface area contributed by atoms with Crippen molar-refractivity contribution in [1.82, 2.24) is 15.1 Å². The van der Waals surface area contributed by atoms with E-state index < -0.39 is 0 Å². The molecule has 0 radical (unpaired) electrons. The van der Waals surface area contributed by atoms with Crippen molar-refractivity contribution in [3.63, 3.8) is 0 Å². The first-order chi connectivity index (χ1) is 17.8. The Labute approximate surface area is 223 Å². The maximum Gasteiger partial charge on any atom is 0.289 e. The third-order valence-electron chi connectivity index (χ3n) is 7.80. The van der Waals surface area contributed by atoms with Gasteiger partial charge >= 0.3 is 0 Å². The maximum absolute atomic E-state index is 13.5. The fraction of sp³-hybridized carbons (Fsp3) is 0.367. The van der Waals surface area contributed by atoms with Gasteiger partial charge in [-0.05, 0) is 71.7 Å². The zero-order valence-electron chi connectivity index (χ0n) is 21.6. The molecule has 2 heterocycles. The zero-order chi connectivity index (χ0) is 26.1. The Hall–Kier alpha value is -3.38. The van der Waals surface area contributed by atoms with Crippen molar-refractivity contribution in [2.45, 2.75) is 39.2 Å². The number of carbonyl (C=O) groups excluding carboxylic acids is 2. The van der Waals surface area contributed by atoms with Crippen LogP contribution in [0.3, 0.4) is 0 Å². The first kappa shape index (κ1) is 25.3. The van der Waals surface area contributed by atoms with E-state index >= 15 is 0 Å². The Morgan fingerprint density at radius 1 is 1.05 bits per heavy atom. The van der Waals surface area contributed by atoms with Gasteiger partial charge in [0.05, 0.1) is 0 Å². The molecule has 1 fully saturated rings. The average Bonchev–Trinajstić information content (AvgIpc) is 3.16. The van der Waals surface area contributed by atoms with Crippen LogP contribution in [0.15, 0.2) is 59.7 Å². The number of rotatable bonds is 3. The van der Waals surface area contributed by atoms with Gasteiger partial charge < -0.3 is 15.1 Å². The van der Waals surface area contributed by atoms with Crippen LogP contribution >= 0.6 is 11.6 Å². The highest BCUT2D eigenvalue weighted by atomic mass is 35.5. The van der Waals surface area contributed by atoms with Crippen molar-refractivity contribution in [2.24, 2.45) is 10.9 Å². The van der Waals surface area contributed by atoms with Crippen LogP contribution in [0.1, 0.15) is 60.2 Å². The molecule has 6 nitrogen and oxygen atoms in total. The predicted molar refractivity (Wildman–Crippen MR) is 150 cm³/mol. The molecule has 1 saturated heterocycles. The Bertz CT molecular complexity index is 1310. The second kappa shape index (κ2) is 10.5. The highest BCUT2D eigenvalue weighted by Gasteiger charge is 2.32. The van der Waals surface area contributed by atoms with Crippen molar-refractivity contribution in [1.29, 1.82) is 0 Å². The van der Waals surface area contributed by atoms with E-state index in [0.29, 0.717) is 54.4 Å². The van der Waals surface area contributed by atoms with Gasteiger partial charge in [0.2, 0.25) is 0 Å². The number of amides is 2. The van der Waals surface area contributed by atoms with Gasteiger partial charge in [-0.25, -0.2) is 0 Å². The molecule has 0 bridgehead atoms. The lowest BCUT2D eigenvalue weighted by atomic mass is 9.81. The highest BCUT2D eigenvalue weighted by Crippen LogP contribution is 2.34. The third-order valence-corrected chi connectivity index (χ3v) is 8.04. The number of fused-ring (bicyclic) bond motifs is 1. The summed E-state index contributed by atoms with van der Waals surface area (Å²) in [6.45, 7) is 8.38. The minimum absolute atomic E-state index is 0.0239. The summed E-state index contributed by atoms with van der Waals surface area (Å²) in [6, 6.07) is 13.6. The van der Waals surface area contributed by atoms with E-state index in [1.807, 2.05) is 54.4 Å². The van der Waals surface area contributed by atoms with Gasteiger partial charge in [0, 0.05) is 49.0 Å². The summed E-state index contributed by atoms with van der Waals surface area (Å²) >= 11 is 6.15. The van der Waals surface area contributed by atoms with Crippen LogP contribution in [0.4, 0.5) is 0 Å². The fourth-order valence-electron chi connectivity index (χ4n) is 5.33. The number of halogens is 1. The molecule has 2 aliphatic heterocycles. The second-order valence-corrected chi connectivity index (χ2v) is 10.7. The molecule has 0 spiro atoms. The highest BCUT2D eigenvalue weighted by molar-refractivity contribution is 6.38. The number of allylic oxidation sites excluding steroid dienone is 1. The fourth-order valence-corrected chi connectivity index (χ4v) is 5.52. The number of piperazine rings is 1. The van der Waals surface area contributed by atoms with E-state index in [4.69, 9.17) is 11.6 Å². The molecule has 5 rings (SSSR count). The van der Waals surface area contributed by atoms with E-state index in [2.05, 4.69) is 42.4 Å². The standard InChI is InChI=1S/C30H33ClN4O2/c1-19-7-8-22-9-10-24(16-27(22)21(19)3)29(36)35-14-13-34(18-20(35)2)30(37)28-32-12-11-25(17-33-28)23-5-4-6-26(31)15-23/h4-10,15-17,19-21H,11-14,18H2,1-3H3,(H,32,33). The first-order valence-corrected chi connectivity index (χ1v) is 13.4. The lowest BCUT2D eigenvalue weighted by molar-refractivity contribution is -0.126. The molecular formula is C30H33ClN4O2. The molecule has 7 heteroatoms. The van der Waals surface area contributed by atoms with Crippen molar-refractivity contribution in [3.05, 3.63) is 82.0 Å². The molecule has 2 amide bonds. The first-order valence-electron chi connectivity index (χ1n) is 13.0. The summed E-state index contributed by atoms with van der Waals surface area (Å²) in [5.74, 6) is 1.06. The summed E-state index contributed by atoms with van der Waals surface area (Å²) in [5, 5.41) is 3.80. The number of hydrogen-bond acceptors (Lipinski definition) is 4. The average molecular weight is 517 g/mol. The van der Waals surface area contributed by atoms with Gasteiger partial charge in [-0.3, -0.25) is 14.6 Å². The Balaban J connectivity index is 1.24. The summed E-state index contributed by atoms with van der Waals surface area (Å²) in [5.41, 5.74) is 5.21. The van der Waals surface area contributed by atoms with E-state index in [0.717, 1.165) is 17.6 Å². The van der Waals surface area contributed by atoms with Gasteiger partial charge in [-0.1, -0.05) is 55.8 Å². The number of amidine groups is 1. The number of carbonyl (C=O) groups is 2. The van der Waals surface area contributed by atoms with Crippen LogP contribution in [0.5, 0.6) is 0 Å². The number of hydrogen-bond donors (Lipinski definition) is 1. The normalized spacial score (nSPS) is 23.4. The van der Waals surface area contributed by atoms with Gasteiger partial charge in [0.25, 0.3) is 11.8 Å². The summed E-state index contributed by atoms with van der Waals surface area (Å²) in [7, 11) is 0. The molecule has 2 aromatic rings. The molecule has 3 aliphatic rings. The lowest BCUT2D eigenvalue weighted by Gasteiger charge is -2.40. The van der Waals surface area contributed by atoms with E-state index in [-0.39, 0.29) is 17.9 Å². The van der Waals surface area contributed by atoms with E-state index in [1.54, 1.807) is 4.90 Å². The van der Waals surface area contributed by atoms with Crippen LogP contribution < -0.4 is 5.32 Å². The SMILES string of the molecule is CC1C=Cc2ccc(C(=O)N3CCN(C(=O)C4=NCCC(c5cccc(Cl)c5)=CN4)CC3C)cc2C1C. The number of benzene rings is 2. The van der Waals surface area contributed by atoms with E-state index in [9.17, 15) is 9.59 Å². The van der Waals surface area contributed by atoms with Crippen LogP contribution in [0.2, 0.25) is 5.02 Å². The molecule has 3 atom stereocenters. The molecule has 0 saturated carbocycles. The third kappa shape index (κ3) is 5.21. The summed E-state index contributed by atoms with van der Waals surface area (Å²) in [6.07, 6.45) is 6.95. The quantitative estimate of drug-likeness (QED) is 0.609. The summed E-state index contributed by atoms with van der Waals surface area (Å²) in [4.78, 5) is 34.9. The molecular weight excluding hydrogens is 484 g/mol. The zero-order valence-corrected chi connectivity index (χ0v) is 22.3. The molecule has 37 heavy (non-hydrogen) atoms. The topological polar surface area (TPSA) is 65.0 Å². The number of aliphatic imine (C=N–C) groups is 1. The molecule has 192 valence electrons. The lowest BCUT2D eigenvalue weighted by Crippen LogP contribution is -2.57. The van der Waals surface area contributed by atoms with Gasteiger partial charge in [0.1, 0.15) is 0 Å².